The number of aryl methyl sites for hydroxylation is 1. The van der Waals surface area contributed by atoms with Crippen molar-refractivity contribution in [1.29, 1.82) is 0 Å². The van der Waals surface area contributed by atoms with E-state index in [9.17, 15) is 19.5 Å². The lowest BCUT2D eigenvalue weighted by molar-refractivity contribution is -0.138. The number of carbonyl (C=O) groups is 3. The summed E-state index contributed by atoms with van der Waals surface area (Å²) in [6, 6.07) is 24.6. The fourth-order valence-corrected chi connectivity index (χ4v) is 4.26. The minimum absolute atomic E-state index is 0.287. The predicted molar refractivity (Wildman–Crippen MR) is 152 cm³/mol. The second kappa shape index (κ2) is 12.7. The maximum Gasteiger partial charge on any atom is 0.413 e. The lowest BCUT2D eigenvalue weighted by Crippen LogP contribution is -2.17. The van der Waals surface area contributed by atoms with E-state index in [2.05, 4.69) is 20.6 Å². The third-order valence-electron chi connectivity index (χ3n) is 6.33. The number of amides is 2. The zero-order chi connectivity index (χ0) is 28.6. The molecule has 0 fully saturated rings. The molecule has 9 nitrogen and oxygen atoms in total. The van der Waals surface area contributed by atoms with E-state index in [0.29, 0.717) is 40.3 Å². The number of benzene rings is 3. The number of nitrogens with zero attached hydrogens (tertiary/aromatic N) is 2. The van der Waals surface area contributed by atoms with Gasteiger partial charge in [0.25, 0.3) is 5.91 Å². The molecule has 3 N–H and O–H groups in total. The van der Waals surface area contributed by atoms with E-state index in [1.54, 1.807) is 75.4 Å². The van der Waals surface area contributed by atoms with Gasteiger partial charge >= 0.3 is 12.1 Å². The number of carbonyl (C=O) groups excluding carboxylic acids is 2. The molecule has 0 saturated carbocycles. The van der Waals surface area contributed by atoms with Gasteiger partial charge in [-0.25, -0.2) is 14.8 Å². The Bertz CT molecular complexity index is 1510. The molecule has 0 spiro atoms. The molecule has 0 aliphatic carbocycles. The molecule has 3 aromatic carbocycles. The maximum absolute atomic E-state index is 13.0. The zero-order valence-electron chi connectivity index (χ0n) is 22.4. The van der Waals surface area contributed by atoms with Gasteiger partial charge in [-0.2, -0.15) is 0 Å². The van der Waals surface area contributed by atoms with Crippen molar-refractivity contribution in [3.63, 3.8) is 0 Å². The van der Waals surface area contributed by atoms with Crippen LogP contribution < -0.4 is 10.6 Å². The molecule has 40 heavy (non-hydrogen) atoms. The first-order valence-electron chi connectivity index (χ1n) is 12.9. The summed E-state index contributed by atoms with van der Waals surface area (Å²) in [5, 5.41) is 15.0. The molecule has 4 aromatic rings. The van der Waals surface area contributed by atoms with E-state index >= 15 is 0 Å². The summed E-state index contributed by atoms with van der Waals surface area (Å²) >= 11 is 0. The number of aromatic nitrogens is 2. The van der Waals surface area contributed by atoms with Gasteiger partial charge in [0.1, 0.15) is 11.9 Å². The van der Waals surface area contributed by atoms with E-state index in [-0.39, 0.29) is 11.7 Å². The van der Waals surface area contributed by atoms with Crippen molar-refractivity contribution in [2.24, 2.45) is 0 Å². The molecule has 204 valence electrons. The Morgan fingerprint density at radius 2 is 1.57 bits per heavy atom. The number of hydrogen-bond donors (Lipinski definition) is 3. The highest BCUT2D eigenvalue weighted by molar-refractivity contribution is 6.05. The largest absolute Gasteiger partial charge is 0.481 e. The van der Waals surface area contributed by atoms with Crippen molar-refractivity contribution in [1.82, 2.24) is 9.97 Å². The standard InChI is InChI=1S/C31H30N4O5/c1-4-24(30(37)38)25-12-8-9-13-26(25)33-29(36)23-16-14-22(15-17-23)28-32-19(2)18-27(34-28)35-31(39)40-20(3)21-10-6-5-7-11-21/h5-18,20,24H,4H2,1-3H3,(H,33,36)(H,37,38)(H,32,34,35,39). The van der Waals surface area contributed by atoms with E-state index in [4.69, 9.17) is 4.74 Å². The average Bonchev–Trinajstić information content (AvgIpc) is 2.94. The monoisotopic (exact) mass is 538 g/mol. The number of rotatable bonds is 9. The molecular weight excluding hydrogens is 508 g/mol. The molecule has 2 atom stereocenters. The molecular formula is C31H30N4O5. The molecule has 0 aliphatic heterocycles. The van der Waals surface area contributed by atoms with Crippen LogP contribution >= 0.6 is 0 Å². The summed E-state index contributed by atoms with van der Waals surface area (Å²) < 4.78 is 5.47. The Hall–Kier alpha value is -5.05. The predicted octanol–water partition coefficient (Wildman–Crippen LogP) is 6.59. The van der Waals surface area contributed by atoms with E-state index in [1.165, 1.54) is 0 Å². The van der Waals surface area contributed by atoms with E-state index in [1.807, 2.05) is 30.3 Å². The van der Waals surface area contributed by atoms with Crippen LogP contribution in [0.4, 0.5) is 16.3 Å². The molecule has 4 rings (SSSR count). The minimum Gasteiger partial charge on any atom is -0.481 e. The summed E-state index contributed by atoms with van der Waals surface area (Å²) in [5.74, 6) is -1.38. The quantitative estimate of drug-likeness (QED) is 0.219. The van der Waals surface area contributed by atoms with Gasteiger partial charge in [0.15, 0.2) is 5.82 Å². The van der Waals surface area contributed by atoms with Crippen LogP contribution in [0.2, 0.25) is 0 Å². The minimum atomic E-state index is -0.945. The topological polar surface area (TPSA) is 131 Å². The lowest BCUT2D eigenvalue weighted by Gasteiger charge is -2.16. The molecule has 0 bridgehead atoms. The van der Waals surface area contributed by atoms with Crippen LogP contribution in [0.1, 0.15) is 59.5 Å². The molecule has 0 radical (unpaired) electrons. The highest BCUT2D eigenvalue weighted by Gasteiger charge is 2.21. The summed E-state index contributed by atoms with van der Waals surface area (Å²) in [6.07, 6.45) is -0.680. The fraction of sp³-hybridized carbons (Fsp3) is 0.194. The summed E-state index contributed by atoms with van der Waals surface area (Å²) in [6.45, 7) is 5.36. The van der Waals surface area contributed by atoms with Crippen molar-refractivity contribution in [2.75, 3.05) is 10.6 Å². The fourth-order valence-electron chi connectivity index (χ4n) is 4.26. The van der Waals surface area contributed by atoms with Crippen LogP contribution in [-0.2, 0) is 9.53 Å². The average molecular weight is 539 g/mol. The number of ether oxygens (including phenoxy) is 1. The Labute approximate surface area is 232 Å². The number of anilines is 2. The normalized spacial score (nSPS) is 12.2. The van der Waals surface area contributed by atoms with Crippen LogP contribution in [0.3, 0.4) is 0 Å². The van der Waals surface area contributed by atoms with Gasteiger partial charge in [0, 0.05) is 28.6 Å². The number of nitrogens with one attached hydrogen (secondary N) is 2. The number of carboxylic acid groups (broad SMARTS) is 1. The van der Waals surface area contributed by atoms with Crippen LogP contribution in [-0.4, -0.2) is 33.0 Å². The second-order valence-corrected chi connectivity index (χ2v) is 9.22. The number of hydrogen-bond acceptors (Lipinski definition) is 6. The number of para-hydroxylation sites is 1. The Morgan fingerprint density at radius 3 is 2.25 bits per heavy atom. The Morgan fingerprint density at radius 1 is 0.900 bits per heavy atom. The van der Waals surface area contributed by atoms with Gasteiger partial charge in [-0.3, -0.25) is 14.9 Å². The lowest BCUT2D eigenvalue weighted by atomic mass is 9.95. The summed E-state index contributed by atoms with van der Waals surface area (Å²) in [7, 11) is 0. The molecule has 1 heterocycles. The van der Waals surface area contributed by atoms with E-state index < -0.39 is 24.1 Å². The van der Waals surface area contributed by atoms with Crippen LogP contribution in [0.5, 0.6) is 0 Å². The summed E-state index contributed by atoms with van der Waals surface area (Å²) in [4.78, 5) is 46.0. The Balaban J connectivity index is 1.46. The van der Waals surface area contributed by atoms with Gasteiger partial charge in [0.05, 0.1) is 5.92 Å². The Kier molecular flexibility index (Phi) is 8.86. The highest BCUT2D eigenvalue weighted by atomic mass is 16.6. The highest BCUT2D eigenvalue weighted by Crippen LogP contribution is 2.28. The second-order valence-electron chi connectivity index (χ2n) is 9.22. The van der Waals surface area contributed by atoms with E-state index in [0.717, 1.165) is 5.56 Å². The first-order valence-corrected chi connectivity index (χ1v) is 12.9. The van der Waals surface area contributed by atoms with Gasteiger partial charge in [-0.05, 0) is 49.6 Å². The van der Waals surface area contributed by atoms with Crippen molar-refractivity contribution < 1.29 is 24.2 Å². The van der Waals surface area contributed by atoms with Crippen molar-refractivity contribution >= 4 is 29.5 Å². The van der Waals surface area contributed by atoms with Crippen molar-refractivity contribution in [3.8, 4) is 11.4 Å². The summed E-state index contributed by atoms with van der Waals surface area (Å²) in [5.41, 5.74) is 3.54. The van der Waals surface area contributed by atoms with Crippen LogP contribution in [0, 0.1) is 6.92 Å². The molecule has 9 heteroatoms. The first kappa shape index (κ1) is 28.0. The number of carboxylic acids is 1. The molecule has 0 aliphatic rings. The first-order chi connectivity index (χ1) is 19.2. The molecule has 1 aromatic heterocycles. The van der Waals surface area contributed by atoms with Crippen molar-refractivity contribution in [3.05, 3.63) is 107 Å². The van der Waals surface area contributed by atoms with Crippen LogP contribution in [0.25, 0.3) is 11.4 Å². The van der Waals surface area contributed by atoms with Crippen LogP contribution in [0.15, 0.2) is 84.9 Å². The third-order valence-corrected chi connectivity index (χ3v) is 6.33. The number of aliphatic carboxylic acids is 1. The maximum atomic E-state index is 13.0. The SMILES string of the molecule is CCC(C(=O)O)c1ccccc1NC(=O)c1ccc(-c2nc(C)cc(NC(=O)OC(C)c3ccccc3)n2)cc1. The zero-order valence-corrected chi connectivity index (χ0v) is 22.4. The van der Waals surface area contributed by atoms with Crippen molar-refractivity contribution in [2.45, 2.75) is 39.2 Å². The molecule has 0 saturated heterocycles. The van der Waals surface area contributed by atoms with Gasteiger partial charge < -0.3 is 15.2 Å². The smallest absolute Gasteiger partial charge is 0.413 e. The molecule has 2 unspecified atom stereocenters. The molecule has 2 amide bonds. The third kappa shape index (κ3) is 6.87. The van der Waals surface area contributed by atoms with Gasteiger partial charge in [-0.1, -0.05) is 67.6 Å². The van der Waals surface area contributed by atoms with Gasteiger partial charge in [0.2, 0.25) is 0 Å². The van der Waals surface area contributed by atoms with Gasteiger partial charge in [-0.15, -0.1) is 0 Å².